The van der Waals surface area contributed by atoms with Gasteiger partial charge in [-0.25, -0.2) is 0 Å². The average molecular weight is 340 g/mol. The molecule has 2 aromatic carbocycles. The smallest absolute Gasteiger partial charge is 0.252 e. The van der Waals surface area contributed by atoms with Gasteiger partial charge in [-0.3, -0.25) is 4.79 Å². The van der Waals surface area contributed by atoms with Crippen molar-refractivity contribution in [3.8, 4) is 0 Å². The van der Waals surface area contributed by atoms with Crippen LogP contribution in [0, 0.1) is 0 Å². The number of nitrogens with one attached hydrogen (secondary N) is 1. The van der Waals surface area contributed by atoms with Crippen LogP contribution in [0.25, 0.3) is 0 Å². The normalized spacial score (nSPS) is 10.4. The van der Waals surface area contributed by atoms with E-state index in [4.69, 9.17) is 23.2 Å². The molecular weight excluding hydrogens is 325 g/mol. The molecule has 0 radical (unpaired) electrons. The molecule has 1 amide bonds. The number of carbonyl (C=O) groups is 1. The van der Waals surface area contributed by atoms with Gasteiger partial charge in [0, 0.05) is 11.4 Å². The van der Waals surface area contributed by atoms with E-state index in [1.807, 2.05) is 37.3 Å². The molecule has 0 fully saturated rings. The predicted molar refractivity (Wildman–Crippen MR) is 90.5 cm³/mol. The van der Waals surface area contributed by atoms with Gasteiger partial charge in [0.15, 0.2) is 0 Å². The minimum atomic E-state index is -0.145. The minimum absolute atomic E-state index is 0.145. The summed E-state index contributed by atoms with van der Waals surface area (Å²) >= 11 is 13.7. The highest BCUT2D eigenvalue weighted by Gasteiger charge is 2.16. The zero-order valence-corrected chi connectivity index (χ0v) is 13.9. The largest absolute Gasteiger partial charge is 0.348 e. The average Bonchev–Trinajstić information content (AvgIpc) is 2.51. The quantitative estimate of drug-likeness (QED) is 0.773. The lowest BCUT2D eigenvalue weighted by Crippen LogP contribution is -2.23. The van der Waals surface area contributed by atoms with Crippen LogP contribution in [0.2, 0.25) is 10.0 Å². The van der Waals surface area contributed by atoms with E-state index in [0.717, 1.165) is 16.2 Å². The van der Waals surface area contributed by atoms with Gasteiger partial charge in [-0.15, -0.1) is 11.8 Å². The lowest BCUT2D eigenvalue weighted by molar-refractivity contribution is 0.0948. The van der Waals surface area contributed by atoms with Crippen molar-refractivity contribution in [1.29, 1.82) is 0 Å². The Labute approximate surface area is 138 Å². The third-order valence-electron chi connectivity index (χ3n) is 2.88. The lowest BCUT2D eigenvalue weighted by Gasteiger charge is -2.12. The van der Waals surface area contributed by atoms with Crippen LogP contribution in [0.1, 0.15) is 22.8 Å². The van der Waals surface area contributed by atoms with Crippen molar-refractivity contribution in [2.75, 3.05) is 5.75 Å². The zero-order chi connectivity index (χ0) is 15.2. The van der Waals surface area contributed by atoms with Crippen molar-refractivity contribution >= 4 is 40.9 Å². The van der Waals surface area contributed by atoms with Crippen LogP contribution >= 0.6 is 35.0 Å². The number of hydrogen-bond donors (Lipinski definition) is 1. The Morgan fingerprint density at radius 1 is 1.14 bits per heavy atom. The fraction of sp³-hybridized carbons (Fsp3) is 0.188. The predicted octanol–water partition coefficient (Wildman–Crippen LogP) is 5.04. The van der Waals surface area contributed by atoms with E-state index >= 15 is 0 Å². The molecule has 0 aromatic heterocycles. The molecule has 0 atom stereocenters. The van der Waals surface area contributed by atoms with Crippen LogP contribution < -0.4 is 5.32 Å². The Kier molecular flexibility index (Phi) is 5.97. The van der Waals surface area contributed by atoms with Crippen molar-refractivity contribution in [3.05, 3.63) is 63.6 Å². The number of halogens is 2. The van der Waals surface area contributed by atoms with Gasteiger partial charge < -0.3 is 5.32 Å². The van der Waals surface area contributed by atoms with Crippen molar-refractivity contribution < 1.29 is 4.79 Å². The maximum absolute atomic E-state index is 12.4. The van der Waals surface area contributed by atoms with Gasteiger partial charge in [0.2, 0.25) is 0 Å². The molecule has 1 N–H and O–H groups in total. The molecule has 0 heterocycles. The third-order valence-corrected chi connectivity index (χ3v) is 4.80. The molecule has 0 aliphatic rings. The van der Waals surface area contributed by atoms with Crippen LogP contribution in [0.15, 0.2) is 47.4 Å². The maximum Gasteiger partial charge on any atom is 0.252 e. The fourth-order valence-electron chi connectivity index (χ4n) is 1.87. The second-order valence-corrected chi connectivity index (χ2v) is 6.40. The molecule has 0 saturated heterocycles. The molecule has 0 unspecified atom stereocenters. The molecule has 0 saturated carbocycles. The topological polar surface area (TPSA) is 29.1 Å². The molecule has 2 nitrogen and oxygen atoms in total. The molecule has 0 bridgehead atoms. The van der Waals surface area contributed by atoms with Gasteiger partial charge in [0.1, 0.15) is 0 Å². The van der Waals surface area contributed by atoms with E-state index in [1.165, 1.54) is 11.8 Å². The number of hydrogen-bond acceptors (Lipinski definition) is 2. The van der Waals surface area contributed by atoms with Gasteiger partial charge >= 0.3 is 0 Å². The number of amides is 1. The number of benzene rings is 2. The van der Waals surface area contributed by atoms with Crippen LogP contribution in [0.3, 0.4) is 0 Å². The Balaban J connectivity index is 2.17. The van der Waals surface area contributed by atoms with Crippen molar-refractivity contribution in [3.63, 3.8) is 0 Å². The summed E-state index contributed by atoms with van der Waals surface area (Å²) in [5, 5.41) is 3.81. The van der Waals surface area contributed by atoms with Crippen molar-refractivity contribution in [2.24, 2.45) is 0 Å². The van der Waals surface area contributed by atoms with Gasteiger partial charge in [0.25, 0.3) is 5.91 Å². The maximum atomic E-state index is 12.4. The summed E-state index contributed by atoms with van der Waals surface area (Å²) < 4.78 is 0. The Bertz CT molecular complexity index is 632. The number of carbonyl (C=O) groups excluding carboxylic acids is 1. The molecule has 2 rings (SSSR count). The summed E-state index contributed by atoms with van der Waals surface area (Å²) in [6.45, 7) is 2.49. The zero-order valence-electron chi connectivity index (χ0n) is 11.5. The summed E-state index contributed by atoms with van der Waals surface area (Å²) in [4.78, 5) is 13.1. The van der Waals surface area contributed by atoms with E-state index in [9.17, 15) is 4.79 Å². The van der Waals surface area contributed by atoms with Crippen LogP contribution in [-0.2, 0) is 6.54 Å². The van der Waals surface area contributed by atoms with Gasteiger partial charge in [0.05, 0.1) is 15.6 Å². The van der Waals surface area contributed by atoms with E-state index in [1.54, 1.807) is 12.1 Å². The Hall–Kier alpha value is -1.16. The fourth-order valence-corrected chi connectivity index (χ4v) is 3.25. The van der Waals surface area contributed by atoms with E-state index in [2.05, 4.69) is 5.32 Å². The van der Waals surface area contributed by atoms with E-state index in [-0.39, 0.29) is 5.91 Å². The monoisotopic (exact) mass is 339 g/mol. The minimum Gasteiger partial charge on any atom is -0.348 e. The van der Waals surface area contributed by atoms with E-state index < -0.39 is 0 Å². The summed E-state index contributed by atoms with van der Waals surface area (Å²) in [6.07, 6.45) is 0. The molecule has 21 heavy (non-hydrogen) atoms. The molecule has 2 aromatic rings. The summed E-state index contributed by atoms with van der Waals surface area (Å²) in [5.74, 6) is 0.673. The number of thioether (sulfide) groups is 1. The summed E-state index contributed by atoms with van der Waals surface area (Å²) in [7, 11) is 0. The lowest BCUT2D eigenvalue weighted by atomic mass is 10.2. The highest BCUT2D eigenvalue weighted by molar-refractivity contribution is 7.99. The van der Waals surface area contributed by atoms with Crippen molar-refractivity contribution in [1.82, 2.24) is 5.32 Å². The summed E-state index contributed by atoms with van der Waals surface area (Å²) in [6, 6.07) is 13.1. The number of rotatable bonds is 5. The Morgan fingerprint density at radius 2 is 1.86 bits per heavy atom. The van der Waals surface area contributed by atoms with Gasteiger partial charge in [-0.05, 0) is 23.4 Å². The molecule has 0 spiro atoms. The highest BCUT2D eigenvalue weighted by Crippen LogP contribution is 2.35. The second-order valence-electron chi connectivity index (χ2n) is 4.34. The molecule has 0 aliphatic carbocycles. The van der Waals surface area contributed by atoms with Crippen molar-refractivity contribution in [2.45, 2.75) is 18.4 Å². The van der Waals surface area contributed by atoms with Crippen LogP contribution in [0.5, 0.6) is 0 Å². The first-order chi connectivity index (χ1) is 10.1. The highest BCUT2D eigenvalue weighted by atomic mass is 35.5. The Morgan fingerprint density at radius 3 is 2.52 bits per heavy atom. The van der Waals surface area contributed by atoms with Crippen LogP contribution in [-0.4, -0.2) is 11.7 Å². The first-order valence-electron chi connectivity index (χ1n) is 6.56. The SMILES string of the molecule is CCSc1c(C(=O)NCc2ccccc2)ccc(Cl)c1Cl. The first-order valence-corrected chi connectivity index (χ1v) is 8.30. The first kappa shape index (κ1) is 16.2. The second kappa shape index (κ2) is 7.74. The molecule has 110 valence electrons. The standard InChI is InChI=1S/C16H15Cl2NOS/c1-2-21-15-12(8-9-13(17)14(15)18)16(20)19-10-11-6-4-3-5-7-11/h3-9H,2,10H2,1H3,(H,19,20). The molecule has 0 aliphatic heterocycles. The molecule has 5 heteroatoms. The van der Waals surface area contributed by atoms with Crippen LogP contribution in [0.4, 0.5) is 0 Å². The summed E-state index contributed by atoms with van der Waals surface area (Å²) in [5.41, 5.74) is 1.61. The molecular formula is C16H15Cl2NOS. The van der Waals surface area contributed by atoms with E-state index in [0.29, 0.717) is 22.2 Å². The van der Waals surface area contributed by atoms with Gasteiger partial charge in [-0.1, -0.05) is 60.5 Å². The third kappa shape index (κ3) is 4.16. The van der Waals surface area contributed by atoms with Gasteiger partial charge in [-0.2, -0.15) is 0 Å².